The Bertz CT molecular complexity index is 963. The van der Waals surface area contributed by atoms with Crippen molar-refractivity contribution in [2.75, 3.05) is 126 Å². The fraction of sp³-hybridized carbons (Fsp3) is 0.727. The van der Waals surface area contributed by atoms with E-state index in [1.54, 1.807) is 7.05 Å². The lowest BCUT2D eigenvalue weighted by molar-refractivity contribution is -0.126. The van der Waals surface area contributed by atoms with Gasteiger partial charge in [0.05, 0.1) is 112 Å². The molecule has 0 aliphatic rings. The molecule has 0 radical (unpaired) electrons. The summed E-state index contributed by atoms with van der Waals surface area (Å²) in [6.07, 6.45) is 2.54. The van der Waals surface area contributed by atoms with Crippen molar-refractivity contribution in [2.45, 2.75) is 31.7 Å². The van der Waals surface area contributed by atoms with Crippen LogP contribution in [0.2, 0.25) is 0 Å². The van der Waals surface area contributed by atoms with Crippen molar-refractivity contribution < 1.29 is 52.3 Å². The summed E-state index contributed by atoms with van der Waals surface area (Å²) in [7, 11) is 1.70. The first-order chi connectivity index (χ1) is 23.9. The van der Waals surface area contributed by atoms with E-state index in [9.17, 15) is 14.4 Å². The largest absolute Gasteiger partial charge is 0.377 e. The topological polar surface area (TPSA) is 187 Å². The minimum Gasteiger partial charge on any atom is -0.377 e. The lowest BCUT2D eigenvalue weighted by Crippen LogP contribution is -2.39. The molecule has 1 aromatic carbocycles. The van der Waals surface area contributed by atoms with Crippen molar-refractivity contribution in [3.8, 4) is 0 Å². The Morgan fingerprint density at radius 1 is 0.612 bits per heavy atom. The molecule has 0 unspecified atom stereocenters. The molecule has 0 bridgehead atoms. The normalized spacial score (nSPS) is 11.8. The zero-order chi connectivity index (χ0) is 35.6. The van der Waals surface area contributed by atoms with Gasteiger partial charge in [-0.25, -0.2) is 0 Å². The van der Waals surface area contributed by atoms with Gasteiger partial charge in [-0.05, 0) is 66.6 Å². The Kier molecular flexibility index (Phi) is 30.5. The standard InChI is InChI=1S/C33H57IN4O11/c1-36-30(33(35)41)4-2-3-9-37-32(40)27-49-25-24-48-23-22-47-21-20-46-19-18-45-17-16-44-15-14-43-13-12-42-11-10-38-31(39)26-28-5-7-29(34)8-6-28/h5-8,30,36H,2-4,9-27H2,1H3,(H2,35,41)(H,37,40)(H,38,39)/t30-/m1/s1. The summed E-state index contributed by atoms with van der Waals surface area (Å²) in [6.45, 7) is 7.61. The van der Waals surface area contributed by atoms with E-state index in [0.29, 0.717) is 125 Å². The Morgan fingerprint density at radius 3 is 1.49 bits per heavy atom. The van der Waals surface area contributed by atoms with E-state index in [-0.39, 0.29) is 30.4 Å². The maximum atomic E-state index is 11.9. The van der Waals surface area contributed by atoms with Gasteiger partial charge in [0.25, 0.3) is 0 Å². The zero-order valence-corrected chi connectivity index (χ0v) is 31.0. The predicted molar refractivity (Wildman–Crippen MR) is 191 cm³/mol. The van der Waals surface area contributed by atoms with Gasteiger partial charge in [0, 0.05) is 16.7 Å². The number of nitrogens with one attached hydrogen (secondary N) is 3. The molecule has 0 fully saturated rings. The quantitative estimate of drug-likeness (QED) is 0.0549. The van der Waals surface area contributed by atoms with Crippen molar-refractivity contribution in [3.05, 3.63) is 33.4 Å². The number of primary amides is 1. The summed E-state index contributed by atoms with van der Waals surface area (Å²) >= 11 is 2.24. The highest BCUT2D eigenvalue weighted by atomic mass is 127. The van der Waals surface area contributed by atoms with Crippen molar-refractivity contribution in [1.82, 2.24) is 16.0 Å². The molecule has 0 aliphatic carbocycles. The minimum absolute atomic E-state index is 0.0210. The first-order valence-corrected chi connectivity index (χ1v) is 17.9. The summed E-state index contributed by atoms with van der Waals surface area (Å²) in [5.74, 6) is -0.579. The molecular formula is C33H57IN4O11. The van der Waals surface area contributed by atoms with Crippen LogP contribution in [0.4, 0.5) is 0 Å². The fourth-order valence-electron chi connectivity index (χ4n) is 4.00. The number of nitrogens with two attached hydrogens (primary N) is 1. The molecule has 1 aromatic rings. The molecule has 1 rings (SSSR count). The maximum absolute atomic E-state index is 11.9. The van der Waals surface area contributed by atoms with Crippen molar-refractivity contribution >= 4 is 40.3 Å². The lowest BCUT2D eigenvalue weighted by Gasteiger charge is -2.12. The number of hydrogen-bond acceptors (Lipinski definition) is 12. The highest BCUT2D eigenvalue weighted by Gasteiger charge is 2.11. The number of hydrogen-bond donors (Lipinski definition) is 4. The summed E-state index contributed by atoms with van der Waals surface area (Å²) < 4.78 is 44.7. The van der Waals surface area contributed by atoms with Crippen LogP contribution in [-0.4, -0.2) is 150 Å². The van der Waals surface area contributed by atoms with E-state index in [4.69, 9.17) is 43.6 Å². The van der Waals surface area contributed by atoms with Crippen LogP contribution < -0.4 is 21.7 Å². The van der Waals surface area contributed by atoms with Crippen molar-refractivity contribution in [3.63, 3.8) is 0 Å². The van der Waals surface area contributed by atoms with Gasteiger partial charge in [-0.3, -0.25) is 14.4 Å². The van der Waals surface area contributed by atoms with Crippen LogP contribution in [0.25, 0.3) is 0 Å². The van der Waals surface area contributed by atoms with Gasteiger partial charge < -0.3 is 59.6 Å². The summed E-state index contributed by atoms with van der Waals surface area (Å²) in [5, 5.41) is 8.49. The van der Waals surface area contributed by atoms with E-state index < -0.39 is 0 Å². The van der Waals surface area contributed by atoms with Gasteiger partial charge >= 0.3 is 0 Å². The highest BCUT2D eigenvalue weighted by Crippen LogP contribution is 2.07. The van der Waals surface area contributed by atoms with Crippen LogP contribution in [0.5, 0.6) is 0 Å². The summed E-state index contributed by atoms with van der Waals surface area (Å²) in [4.78, 5) is 34.8. The number of rotatable bonds is 35. The Labute approximate surface area is 304 Å². The second kappa shape index (κ2) is 33.2. The Hall–Kier alpha value is -2.00. The number of amides is 3. The van der Waals surface area contributed by atoms with Crippen LogP contribution in [-0.2, 0) is 58.7 Å². The first kappa shape index (κ1) is 45.0. The fourth-order valence-corrected chi connectivity index (χ4v) is 4.36. The molecule has 0 heterocycles. The monoisotopic (exact) mass is 812 g/mol. The number of unbranched alkanes of at least 4 members (excludes halogenated alkanes) is 1. The van der Waals surface area contributed by atoms with E-state index in [1.807, 2.05) is 24.3 Å². The molecule has 0 aromatic heterocycles. The van der Waals surface area contributed by atoms with Gasteiger partial charge in [0.2, 0.25) is 17.7 Å². The second-order valence-corrected chi connectivity index (χ2v) is 11.8. The molecule has 16 heteroatoms. The first-order valence-electron chi connectivity index (χ1n) is 16.8. The lowest BCUT2D eigenvalue weighted by atomic mass is 10.1. The van der Waals surface area contributed by atoms with Crippen molar-refractivity contribution in [2.24, 2.45) is 5.73 Å². The third-order valence-electron chi connectivity index (χ3n) is 6.62. The van der Waals surface area contributed by atoms with Gasteiger partial charge in [-0.2, -0.15) is 0 Å². The summed E-state index contributed by atoms with van der Waals surface area (Å²) in [6, 6.07) is 7.55. The van der Waals surface area contributed by atoms with E-state index in [1.165, 1.54) is 0 Å². The van der Waals surface area contributed by atoms with Gasteiger partial charge in [0.15, 0.2) is 0 Å². The van der Waals surface area contributed by atoms with Crippen LogP contribution in [0.15, 0.2) is 24.3 Å². The third kappa shape index (κ3) is 29.4. The smallest absolute Gasteiger partial charge is 0.245 e. The zero-order valence-electron chi connectivity index (χ0n) is 28.9. The van der Waals surface area contributed by atoms with Crippen LogP contribution in [0.1, 0.15) is 24.8 Å². The Morgan fingerprint density at radius 2 is 1.04 bits per heavy atom. The molecule has 0 aliphatic heterocycles. The van der Waals surface area contributed by atoms with Gasteiger partial charge in [-0.15, -0.1) is 0 Å². The molecule has 49 heavy (non-hydrogen) atoms. The number of likely N-dealkylation sites (N-methyl/N-ethyl adjacent to an activating group) is 1. The Balaban J connectivity index is 1.70. The highest BCUT2D eigenvalue weighted by molar-refractivity contribution is 14.1. The van der Waals surface area contributed by atoms with E-state index >= 15 is 0 Å². The average Bonchev–Trinajstić information content (AvgIpc) is 3.08. The van der Waals surface area contributed by atoms with Crippen LogP contribution >= 0.6 is 22.6 Å². The molecule has 5 N–H and O–H groups in total. The number of benzene rings is 1. The maximum Gasteiger partial charge on any atom is 0.245 e. The molecule has 3 amide bonds. The summed E-state index contributed by atoms with van der Waals surface area (Å²) in [5.41, 5.74) is 6.26. The SMILES string of the molecule is CN[C@H](CCCCNC(=O)COCCOCCOCCOCCOCCOCCOCCOCCNC(=O)Cc1ccc(I)cc1)C(N)=O. The molecule has 1 atom stereocenters. The number of carbonyl (C=O) groups excluding carboxylic acids is 3. The third-order valence-corrected chi connectivity index (χ3v) is 7.34. The van der Waals surface area contributed by atoms with Gasteiger partial charge in [-0.1, -0.05) is 12.1 Å². The molecule has 0 saturated heterocycles. The minimum atomic E-state index is -0.371. The molecule has 282 valence electrons. The second-order valence-electron chi connectivity index (χ2n) is 10.6. The number of ether oxygens (including phenoxy) is 8. The molecule has 15 nitrogen and oxygen atoms in total. The van der Waals surface area contributed by atoms with E-state index in [0.717, 1.165) is 22.0 Å². The number of halogens is 1. The van der Waals surface area contributed by atoms with Crippen LogP contribution in [0.3, 0.4) is 0 Å². The van der Waals surface area contributed by atoms with E-state index in [2.05, 4.69) is 38.5 Å². The molecule has 0 saturated carbocycles. The molecule has 0 spiro atoms. The van der Waals surface area contributed by atoms with Crippen LogP contribution in [0, 0.1) is 3.57 Å². The predicted octanol–water partition coefficient (Wildman–Crippen LogP) is 0.443. The average molecular weight is 813 g/mol. The molecular weight excluding hydrogens is 755 g/mol. The van der Waals surface area contributed by atoms with Gasteiger partial charge in [0.1, 0.15) is 6.61 Å². The number of carbonyl (C=O) groups is 3. The van der Waals surface area contributed by atoms with Crippen molar-refractivity contribution in [1.29, 1.82) is 0 Å².